The molecule has 3 aliphatic carbocycles. The van der Waals surface area contributed by atoms with Gasteiger partial charge in [0.15, 0.2) is 0 Å². The molecule has 0 heterocycles. The molecule has 0 unspecified atom stereocenters. The minimum atomic E-state index is -1.12. The maximum atomic E-state index is 12.8. The van der Waals surface area contributed by atoms with Crippen LogP contribution in [0.4, 0.5) is 0 Å². The van der Waals surface area contributed by atoms with Crippen molar-refractivity contribution in [1.29, 1.82) is 0 Å². The minimum Gasteiger partial charge on any atom is -0.481 e. The van der Waals surface area contributed by atoms with Gasteiger partial charge in [-0.05, 0) is 74.0 Å². The lowest BCUT2D eigenvalue weighted by Crippen LogP contribution is -2.45. The molecule has 0 aliphatic heterocycles. The lowest BCUT2D eigenvalue weighted by molar-refractivity contribution is -0.138. The molecule has 2 fully saturated rings. The number of ketones is 1. The first-order valence-corrected chi connectivity index (χ1v) is 12.9. The average Bonchev–Trinajstić information content (AvgIpc) is 3.28. The van der Waals surface area contributed by atoms with Crippen molar-refractivity contribution in [3.05, 3.63) is 48.1 Å². The first-order valence-electron chi connectivity index (χ1n) is 12.9. The average molecular weight is 483 g/mol. The van der Waals surface area contributed by atoms with Crippen LogP contribution in [0.2, 0.25) is 0 Å². The molecule has 3 aliphatic rings. The highest BCUT2D eigenvalue weighted by Crippen LogP contribution is 2.73. The van der Waals surface area contributed by atoms with Crippen LogP contribution in [0.3, 0.4) is 0 Å². The Balaban J connectivity index is 1.97. The number of hydrogen-bond acceptors (Lipinski definition) is 3. The molecule has 6 atom stereocenters. The first-order chi connectivity index (χ1) is 16.2. The van der Waals surface area contributed by atoms with Gasteiger partial charge in [0.1, 0.15) is 5.78 Å². The monoisotopic (exact) mass is 482 g/mol. The maximum absolute atomic E-state index is 12.8. The van der Waals surface area contributed by atoms with Crippen LogP contribution in [-0.4, -0.2) is 27.9 Å². The molecule has 0 aromatic heterocycles. The zero-order valence-corrected chi connectivity index (χ0v) is 21.9. The number of carboxylic acid groups (broad SMARTS) is 2. The molecule has 0 amide bonds. The Labute approximate surface area is 210 Å². The molecule has 0 aromatic carbocycles. The fraction of sp³-hybridized carbons (Fsp3) is 0.633. The van der Waals surface area contributed by atoms with Crippen LogP contribution in [0.5, 0.6) is 0 Å². The third-order valence-corrected chi connectivity index (χ3v) is 10.2. The summed E-state index contributed by atoms with van der Waals surface area (Å²) in [5.74, 6) is -1.41. The normalized spacial score (nSPS) is 34.9. The van der Waals surface area contributed by atoms with E-state index in [-0.39, 0.29) is 58.2 Å². The molecule has 0 aromatic rings. The highest BCUT2D eigenvalue weighted by atomic mass is 16.4. The van der Waals surface area contributed by atoms with E-state index in [2.05, 4.69) is 53.5 Å². The molecule has 35 heavy (non-hydrogen) atoms. The van der Waals surface area contributed by atoms with Crippen molar-refractivity contribution >= 4 is 17.7 Å². The third kappa shape index (κ3) is 4.36. The smallest absolute Gasteiger partial charge is 0.331 e. The molecule has 5 heteroatoms. The van der Waals surface area contributed by atoms with Crippen molar-refractivity contribution in [1.82, 2.24) is 0 Å². The minimum absolute atomic E-state index is 0.0552. The van der Waals surface area contributed by atoms with Crippen molar-refractivity contribution in [3.8, 4) is 0 Å². The second-order valence-electron chi connectivity index (χ2n) is 11.9. The van der Waals surface area contributed by atoms with Crippen LogP contribution in [0, 0.1) is 34.0 Å². The van der Waals surface area contributed by atoms with Crippen molar-refractivity contribution in [2.24, 2.45) is 34.0 Å². The summed E-state index contributed by atoms with van der Waals surface area (Å²) in [5, 5.41) is 18.6. The molecule has 3 rings (SSSR count). The van der Waals surface area contributed by atoms with Gasteiger partial charge in [0.2, 0.25) is 0 Å². The lowest BCUT2D eigenvalue weighted by atomic mass is 9.51. The molecular formula is C30H42O5. The molecule has 0 radical (unpaired) electrons. The van der Waals surface area contributed by atoms with Crippen molar-refractivity contribution < 1.29 is 24.6 Å². The van der Waals surface area contributed by atoms with Crippen molar-refractivity contribution in [3.63, 3.8) is 0 Å². The third-order valence-electron chi connectivity index (χ3n) is 10.2. The molecule has 1 spiro atoms. The van der Waals surface area contributed by atoms with E-state index in [9.17, 15) is 19.5 Å². The predicted octanol–water partition coefficient (Wildman–Crippen LogP) is 6.76. The van der Waals surface area contributed by atoms with E-state index < -0.39 is 11.9 Å². The van der Waals surface area contributed by atoms with Crippen molar-refractivity contribution in [2.75, 3.05) is 0 Å². The SMILES string of the molecule is C=C(CC(=O)C[C@@H](C)[C@]1(C)CCC(=C)[C@]12CC[C@@H]1C2=CC[C@@H](C(=C)C)[C@]1(C)CCC(=O)O)C(=O)O. The van der Waals surface area contributed by atoms with E-state index in [1.54, 1.807) is 0 Å². The van der Waals surface area contributed by atoms with E-state index in [1.807, 2.05) is 0 Å². The Hall–Kier alpha value is -2.43. The van der Waals surface area contributed by atoms with Gasteiger partial charge in [0, 0.05) is 30.3 Å². The highest BCUT2D eigenvalue weighted by Gasteiger charge is 2.64. The molecule has 2 saturated carbocycles. The topological polar surface area (TPSA) is 91.7 Å². The molecule has 2 N–H and O–H groups in total. The largest absolute Gasteiger partial charge is 0.481 e. The van der Waals surface area contributed by atoms with Gasteiger partial charge in [0.25, 0.3) is 0 Å². The molecule has 192 valence electrons. The summed E-state index contributed by atoms with van der Waals surface area (Å²) < 4.78 is 0. The summed E-state index contributed by atoms with van der Waals surface area (Å²) in [6.07, 6.45) is 8.02. The van der Waals surface area contributed by atoms with E-state index in [0.717, 1.165) is 37.7 Å². The molecule has 5 nitrogen and oxygen atoms in total. The van der Waals surface area contributed by atoms with E-state index in [4.69, 9.17) is 5.11 Å². The summed E-state index contributed by atoms with van der Waals surface area (Å²) in [6.45, 7) is 21.1. The Morgan fingerprint density at radius 3 is 2.40 bits per heavy atom. The van der Waals surface area contributed by atoms with Gasteiger partial charge in [-0.2, -0.15) is 0 Å². The van der Waals surface area contributed by atoms with Crippen LogP contribution >= 0.6 is 0 Å². The van der Waals surface area contributed by atoms with Gasteiger partial charge in [-0.25, -0.2) is 4.79 Å². The zero-order valence-electron chi connectivity index (χ0n) is 21.9. The van der Waals surface area contributed by atoms with Crippen LogP contribution in [0.1, 0.15) is 85.5 Å². The van der Waals surface area contributed by atoms with Gasteiger partial charge in [-0.15, -0.1) is 0 Å². The standard InChI is InChI=1S/C30H42O5/c1-18(2)23-8-9-25-24(28(23,6)13-12-26(32)33)11-15-30(25)20(4)10-14-29(30,7)21(5)17-22(31)16-19(3)27(34)35/h9,21,23-24H,1,3-4,8,10-17H2,2,5-7H3,(H,32,33)(H,34,35)/t21-,23+,24-,28+,29+,30+/m1/s1. The fourth-order valence-corrected chi connectivity index (χ4v) is 8.06. The second kappa shape index (κ2) is 9.55. The number of hydrogen-bond donors (Lipinski definition) is 2. The Bertz CT molecular complexity index is 1000. The number of carbonyl (C=O) groups is 3. The summed E-state index contributed by atoms with van der Waals surface area (Å²) in [7, 11) is 0. The van der Waals surface area contributed by atoms with Gasteiger partial charge in [-0.1, -0.05) is 63.3 Å². The van der Waals surface area contributed by atoms with E-state index in [0.29, 0.717) is 12.8 Å². The highest BCUT2D eigenvalue weighted by molar-refractivity contribution is 5.94. The van der Waals surface area contributed by atoms with Gasteiger partial charge >= 0.3 is 11.9 Å². The number of rotatable bonds is 10. The number of allylic oxidation sites excluding steroid dienone is 4. The summed E-state index contributed by atoms with van der Waals surface area (Å²) >= 11 is 0. The lowest BCUT2D eigenvalue weighted by Gasteiger charge is -2.52. The number of aliphatic carboxylic acids is 2. The number of Topliss-reactive ketones (excluding diaryl/α,β-unsaturated/α-hetero) is 1. The summed E-state index contributed by atoms with van der Waals surface area (Å²) in [6, 6.07) is 0. The Morgan fingerprint density at radius 1 is 1.17 bits per heavy atom. The number of carboxylic acids is 2. The number of carbonyl (C=O) groups excluding carboxylic acids is 1. The summed E-state index contributed by atoms with van der Waals surface area (Å²) in [5.41, 5.74) is 3.13. The van der Waals surface area contributed by atoms with Crippen LogP contribution < -0.4 is 0 Å². The quantitative estimate of drug-likeness (QED) is 0.265. The molecule has 0 bridgehead atoms. The first kappa shape index (κ1) is 27.2. The summed E-state index contributed by atoms with van der Waals surface area (Å²) in [4.78, 5) is 35.5. The van der Waals surface area contributed by atoms with Crippen molar-refractivity contribution in [2.45, 2.75) is 85.5 Å². The van der Waals surface area contributed by atoms with Gasteiger partial charge < -0.3 is 10.2 Å². The Kier molecular flexibility index (Phi) is 7.41. The maximum Gasteiger partial charge on any atom is 0.331 e. The Morgan fingerprint density at radius 2 is 1.83 bits per heavy atom. The van der Waals surface area contributed by atoms with Crippen LogP contribution in [0.15, 0.2) is 48.1 Å². The number of fused-ring (bicyclic) bond motifs is 2. The van der Waals surface area contributed by atoms with E-state index in [1.165, 1.54) is 11.1 Å². The van der Waals surface area contributed by atoms with E-state index >= 15 is 0 Å². The van der Waals surface area contributed by atoms with Gasteiger partial charge in [-0.3, -0.25) is 9.59 Å². The zero-order chi connectivity index (χ0) is 26.3. The van der Waals surface area contributed by atoms with Gasteiger partial charge in [0.05, 0.1) is 0 Å². The predicted molar refractivity (Wildman–Crippen MR) is 138 cm³/mol. The fourth-order valence-electron chi connectivity index (χ4n) is 8.06. The second-order valence-corrected chi connectivity index (χ2v) is 11.9. The molecule has 0 saturated heterocycles. The van der Waals surface area contributed by atoms with Crippen LogP contribution in [0.25, 0.3) is 0 Å². The molecular weight excluding hydrogens is 440 g/mol. The van der Waals surface area contributed by atoms with Crippen LogP contribution in [-0.2, 0) is 14.4 Å².